The molecule has 3 aromatic carbocycles. The lowest BCUT2D eigenvalue weighted by Crippen LogP contribution is -2.22. The third-order valence-corrected chi connectivity index (χ3v) is 6.03. The summed E-state index contributed by atoms with van der Waals surface area (Å²) in [4.78, 5) is 13.2. The monoisotopic (exact) mass is 470 g/mol. The van der Waals surface area contributed by atoms with E-state index in [9.17, 15) is 4.79 Å². The summed E-state index contributed by atoms with van der Waals surface area (Å²) in [7, 11) is 1.64. The normalized spacial score (nSPS) is 14.6. The minimum atomic E-state index is -0.237. The van der Waals surface area contributed by atoms with Crippen molar-refractivity contribution in [3.63, 3.8) is 0 Å². The molecular formula is C27H23ClN4O2. The van der Waals surface area contributed by atoms with E-state index in [1.54, 1.807) is 13.3 Å². The highest BCUT2D eigenvalue weighted by Gasteiger charge is 2.28. The van der Waals surface area contributed by atoms with Crippen molar-refractivity contribution in [2.24, 2.45) is 0 Å². The number of rotatable bonds is 5. The van der Waals surface area contributed by atoms with E-state index < -0.39 is 0 Å². The maximum absolute atomic E-state index is 13.2. The lowest BCUT2D eigenvalue weighted by molar-refractivity contribution is 0.102. The highest BCUT2D eigenvalue weighted by molar-refractivity contribution is 6.30. The highest BCUT2D eigenvalue weighted by Crippen LogP contribution is 2.36. The summed E-state index contributed by atoms with van der Waals surface area (Å²) in [5, 5.41) is 11.6. The van der Waals surface area contributed by atoms with Crippen LogP contribution in [0.4, 0.5) is 11.5 Å². The number of allylic oxidation sites excluding steroid dienone is 1. The van der Waals surface area contributed by atoms with Gasteiger partial charge in [0.15, 0.2) is 0 Å². The van der Waals surface area contributed by atoms with Crippen LogP contribution in [0.15, 0.2) is 85.1 Å². The molecule has 2 N–H and O–H groups in total. The molecule has 2 heterocycles. The van der Waals surface area contributed by atoms with Crippen LogP contribution in [0.5, 0.6) is 5.75 Å². The summed E-state index contributed by atoms with van der Waals surface area (Å²) in [5.74, 6) is 1.13. The summed E-state index contributed by atoms with van der Waals surface area (Å²) in [5.41, 5.74) is 5.10. The van der Waals surface area contributed by atoms with E-state index >= 15 is 0 Å². The fraction of sp³-hybridized carbons (Fsp3) is 0.111. The number of hydrogen-bond donors (Lipinski definition) is 2. The molecule has 1 atom stereocenters. The number of hydrogen-bond acceptors (Lipinski definition) is 4. The number of aromatic nitrogens is 2. The van der Waals surface area contributed by atoms with Gasteiger partial charge in [0, 0.05) is 22.0 Å². The van der Waals surface area contributed by atoms with Gasteiger partial charge in [-0.05, 0) is 55.0 Å². The number of carbonyl (C=O) groups excluding carboxylic acids is 1. The zero-order chi connectivity index (χ0) is 23.7. The lowest BCUT2D eigenvalue weighted by Gasteiger charge is -2.26. The molecule has 0 spiro atoms. The minimum absolute atomic E-state index is 0.226. The lowest BCUT2D eigenvalue weighted by atomic mass is 10.0. The van der Waals surface area contributed by atoms with Crippen molar-refractivity contribution in [1.82, 2.24) is 9.78 Å². The van der Waals surface area contributed by atoms with E-state index in [-0.39, 0.29) is 11.9 Å². The summed E-state index contributed by atoms with van der Waals surface area (Å²) < 4.78 is 7.23. The van der Waals surface area contributed by atoms with Crippen molar-refractivity contribution in [3.05, 3.63) is 112 Å². The van der Waals surface area contributed by atoms with Gasteiger partial charge in [0.2, 0.25) is 0 Å². The first kappa shape index (κ1) is 21.8. The van der Waals surface area contributed by atoms with Crippen LogP contribution in [-0.2, 0) is 0 Å². The molecular weight excluding hydrogens is 448 g/mol. The molecule has 4 aromatic rings. The SMILES string of the molecule is COc1cccc(C2=CC(c3ccc(Cl)cc3)n3ncc(C(=O)Nc4ccc(C)cc4)c3N2)c1. The standard InChI is InChI=1S/C27H23ClN4O2/c1-17-6-12-21(13-7-17)30-27(33)23-16-29-32-25(18-8-10-20(28)11-9-18)15-24(31-26(23)32)19-4-3-5-22(14-19)34-2/h3-16,25,31H,1-2H3,(H,30,33). The van der Waals surface area contributed by atoms with Crippen LogP contribution < -0.4 is 15.4 Å². The van der Waals surface area contributed by atoms with E-state index in [1.807, 2.05) is 84.4 Å². The van der Waals surface area contributed by atoms with Gasteiger partial charge in [-0.1, -0.05) is 53.6 Å². The van der Waals surface area contributed by atoms with Gasteiger partial charge in [0.1, 0.15) is 17.1 Å². The van der Waals surface area contributed by atoms with Crippen LogP contribution in [0.2, 0.25) is 5.02 Å². The third kappa shape index (κ3) is 4.28. The van der Waals surface area contributed by atoms with E-state index in [0.717, 1.165) is 33.8 Å². The van der Waals surface area contributed by atoms with Crippen LogP contribution >= 0.6 is 11.6 Å². The average molecular weight is 471 g/mol. The fourth-order valence-corrected chi connectivity index (χ4v) is 4.08. The number of ether oxygens (including phenoxy) is 1. The van der Waals surface area contributed by atoms with Crippen LogP contribution in [0.1, 0.15) is 33.1 Å². The number of carbonyl (C=O) groups is 1. The predicted molar refractivity (Wildman–Crippen MR) is 136 cm³/mol. The summed E-state index contributed by atoms with van der Waals surface area (Å²) >= 11 is 6.12. The predicted octanol–water partition coefficient (Wildman–Crippen LogP) is 6.16. The number of nitrogens with one attached hydrogen (secondary N) is 2. The number of amides is 1. The first-order valence-corrected chi connectivity index (χ1v) is 11.2. The molecule has 6 nitrogen and oxygen atoms in total. The number of anilines is 2. The molecule has 1 amide bonds. The van der Waals surface area contributed by atoms with Gasteiger partial charge in [-0.2, -0.15) is 5.10 Å². The first-order valence-electron chi connectivity index (χ1n) is 10.9. The van der Waals surface area contributed by atoms with Crippen molar-refractivity contribution in [1.29, 1.82) is 0 Å². The molecule has 1 unspecified atom stereocenters. The number of aryl methyl sites for hydroxylation is 1. The molecule has 0 bridgehead atoms. The van der Waals surface area contributed by atoms with Gasteiger partial charge in [-0.15, -0.1) is 0 Å². The van der Waals surface area contributed by atoms with E-state index in [2.05, 4.69) is 21.8 Å². The topological polar surface area (TPSA) is 68.2 Å². The molecule has 7 heteroatoms. The number of benzene rings is 3. The van der Waals surface area contributed by atoms with E-state index in [0.29, 0.717) is 16.4 Å². The molecule has 0 radical (unpaired) electrons. The third-order valence-electron chi connectivity index (χ3n) is 5.78. The van der Waals surface area contributed by atoms with Crippen molar-refractivity contribution in [3.8, 4) is 5.75 Å². The van der Waals surface area contributed by atoms with Crippen molar-refractivity contribution >= 4 is 34.7 Å². The molecule has 0 fully saturated rings. The van der Waals surface area contributed by atoms with Gasteiger partial charge in [-0.25, -0.2) is 4.68 Å². The maximum atomic E-state index is 13.2. The quantitative estimate of drug-likeness (QED) is 0.366. The fourth-order valence-electron chi connectivity index (χ4n) is 3.95. The van der Waals surface area contributed by atoms with Crippen molar-refractivity contribution < 1.29 is 9.53 Å². The molecule has 5 rings (SSSR count). The van der Waals surface area contributed by atoms with Crippen LogP contribution in [0.25, 0.3) is 5.70 Å². The number of fused-ring (bicyclic) bond motifs is 1. The van der Waals surface area contributed by atoms with Crippen LogP contribution in [-0.4, -0.2) is 22.8 Å². The molecule has 170 valence electrons. The largest absolute Gasteiger partial charge is 0.497 e. The minimum Gasteiger partial charge on any atom is -0.497 e. The van der Waals surface area contributed by atoms with Crippen molar-refractivity contribution in [2.45, 2.75) is 13.0 Å². The second kappa shape index (κ2) is 9.08. The van der Waals surface area contributed by atoms with Crippen molar-refractivity contribution in [2.75, 3.05) is 17.7 Å². The number of methoxy groups -OCH3 is 1. The number of nitrogens with zero attached hydrogens (tertiary/aromatic N) is 2. The Morgan fingerprint density at radius 2 is 1.85 bits per heavy atom. The molecule has 1 aliphatic rings. The number of halogens is 1. The smallest absolute Gasteiger partial charge is 0.261 e. The van der Waals surface area contributed by atoms with Gasteiger partial charge < -0.3 is 15.4 Å². The Balaban J connectivity index is 1.55. The van der Waals surface area contributed by atoms with E-state index in [4.69, 9.17) is 16.3 Å². The molecule has 0 saturated carbocycles. The first-order chi connectivity index (χ1) is 16.5. The van der Waals surface area contributed by atoms with Gasteiger partial charge in [0.05, 0.1) is 19.3 Å². The van der Waals surface area contributed by atoms with Gasteiger partial charge >= 0.3 is 0 Å². The molecule has 34 heavy (non-hydrogen) atoms. The Hall–Kier alpha value is -4.03. The van der Waals surface area contributed by atoms with Gasteiger partial charge in [0.25, 0.3) is 5.91 Å². The zero-order valence-corrected chi connectivity index (χ0v) is 19.5. The Morgan fingerprint density at radius 3 is 2.59 bits per heavy atom. The Kier molecular flexibility index (Phi) is 5.82. The highest BCUT2D eigenvalue weighted by atomic mass is 35.5. The summed E-state index contributed by atoms with van der Waals surface area (Å²) in [6, 6.07) is 22.9. The van der Waals surface area contributed by atoms with E-state index in [1.165, 1.54) is 0 Å². The Morgan fingerprint density at radius 1 is 1.09 bits per heavy atom. The second-order valence-electron chi connectivity index (χ2n) is 8.11. The Labute approximate surface area is 202 Å². The maximum Gasteiger partial charge on any atom is 0.261 e. The van der Waals surface area contributed by atoms with Crippen LogP contribution in [0.3, 0.4) is 0 Å². The van der Waals surface area contributed by atoms with Crippen LogP contribution in [0, 0.1) is 6.92 Å². The summed E-state index contributed by atoms with van der Waals surface area (Å²) in [6.45, 7) is 2.01. The summed E-state index contributed by atoms with van der Waals surface area (Å²) in [6.07, 6.45) is 3.68. The van der Waals surface area contributed by atoms with Gasteiger partial charge in [-0.3, -0.25) is 4.79 Å². The molecule has 0 aliphatic carbocycles. The Bertz CT molecular complexity index is 1370. The zero-order valence-electron chi connectivity index (χ0n) is 18.7. The molecule has 0 saturated heterocycles. The average Bonchev–Trinajstić information content (AvgIpc) is 3.30. The second-order valence-corrected chi connectivity index (χ2v) is 8.54. The molecule has 1 aromatic heterocycles. The molecule has 1 aliphatic heterocycles.